The average molecular weight is 278 g/mol. The number of likely N-dealkylation sites (N-methyl/N-ethyl adjacent to an activating group) is 1. The van der Waals surface area contributed by atoms with E-state index in [1.807, 2.05) is 0 Å². The lowest BCUT2D eigenvalue weighted by Gasteiger charge is -2.38. The predicted molar refractivity (Wildman–Crippen MR) is 71.1 cm³/mol. The van der Waals surface area contributed by atoms with Gasteiger partial charge < -0.3 is 15.0 Å². The van der Waals surface area contributed by atoms with Crippen LogP contribution in [0.3, 0.4) is 0 Å². The Morgan fingerprint density at radius 2 is 2.15 bits per heavy atom. The number of carbonyl (C=O) groups excluding carboxylic acids is 2. The lowest BCUT2D eigenvalue weighted by Crippen LogP contribution is -2.58. The fourth-order valence-electron chi connectivity index (χ4n) is 2.11. The van der Waals surface area contributed by atoms with E-state index in [0.717, 1.165) is 5.69 Å². The second kappa shape index (κ2) is 5.54. The maximum atomic E-state index is 12.3. The van der Waals surface area contributed by atoms with Crippen LogP contribution in [0.4, 0.5) is 0 Å². The molecule has 1 aromatic rings. The number of hydrogen-bond donors (Lipinski definition) is 1. The maximum absolute atomic E-state index is 12.3. The van der Waals surface area contributed by atoms with E-state index in [0.29, 0.717) is 13.2 Å². The van der Waals surface area contributed by atoms with Crippen LogP contribution in [-0.4, -0.2) is 59.0 Å². The monoisotopic (exact) mass is 278 g/mol. The van der Waals surface area contributed by atoms with E-state index >= 15 is 0 Å². The molecule has 1 atom stereocenters. The van der Waals surface area contributed by atoms with Crippen LogP contribution in [0.5, 0.6) is 0 Å². The molecule has 0 bridgehead atoms. The third-order valence-corrected chi connectivity index (χ3v) is 3.27. The van der Waals surface area contributed by atoms with Crippen LogP contribution in [0.15, 0.2) is 12.4 Å². The van der Waals surface area contributed by atoms with Crippen molar-refractivity contribution in [3.63, 3.8) is 0 Å². The largest absolute Gasteiger partial charge is 0.362 e. The molecule has 0 saturated carbocycles. The molecule has 0 aromatic carbocycles. The maximum Gasteiger partial charge on any atom is 0.274 e. The first-order chi connectivity index (χ1) is 9.46. The number of amides is 2. The van der Waals surface area contributed by atoms with E-state index < -0.39 is 5.60 Å². The first kappa shape index (κ1) is 14.4. The number of rotatable bonds is 2. The molecular formula is C13H18N4O3. The molecule has 1 saturated heterocycles. The number of carbonyl (C=O) groups is 2. The molecule has 0 radical (unpaired) electrons. The van der Waals surface area contributed by atoms with E-state index in [-0.39, 0.29) is 24.1 Å². The van der Waals surface area contributed by atoms with Gasteiger partial charge in [0, 0.05) is 19.8 Å². The minimum Gasteiger partial charge on any atom is -0.362 e. The Morgan fingerprint density at radius 3 is 2.75 bits per heavy atom. The van der Waals surface area contributed by atoms with Crippen molar-refractivity contribution in [2.45, 2.75) is 19.4 Å². The number of hydrogen-bond acceptors (Lipinski definition) is 5. The van der Waals surface area contributed by atoms with Crippen molar-refractivity contribution < 1.29 is 14.3 Å². The molecule has 1 aliphatic heterocycles. The van der Waals surface area contributed by atoms with Gasteiger partial charge in [0.15, 0.2) is 5.60 Å². The molecule has 2 heterocycles. The van der Waals surface area contributed by atoms with Crippen LogP contribution in [0.2, 0.25) is 0 Å². The van der Waals surface area contributed by atoms with Crippen molar-refractivity contribution in [2.24, 2.45) is 0 Å². The Kier molecular flexibility index (Phi) is 3.99. The van der Waals surface area contributed by atoms with E-state index in [1.54, 1.807) is 32.0 Å². The molecule has 1 aliphatic rings. The highest BCUT2D eigenvalue weighted by Crippen LogP contribution is 2.19. The second-order valence-electron chi connectivity index (χ2n) is 4.93. The number of morpholine rings is 1. The van der Waals surface area contributed by atoms with E-state index in [1.165, 1.54) is 6.20 Å². The van der Waals surface area contributed by atoms with E-state index in [2.05, 4.69) is 15.3 Å². The summed E-state index contributed by atoms with van der Waals surface area (Å²) in [5.41, 5.74) is -0.00340. The molecule has 0 unspecified atom stereocenters. The zero-order chi connectivity index (χ0) is 14.8. The average Bonchev–Trinajstić information content (AvgIpc) is 2.46. The van der Waals surface area contributed by atoms with Gasteiger partial charge in [-0.25, -0.2) is 4.98 Å². The van der Waals surface area contributed by atoms with E-state index in [9.17, 15) is 9.59 Å². The molecule has 7 heteroatoms. The first-order valence-corrected chi connectivity index (χ1v) is 6.40. The number of aryl methyl sites for hydroxylation is 1. The lowest BCUT2D eigenvalue weighted by molar-refractivity contribution is -0.153. The second-order valence-corrected chi connectivity index (χ2v) is 4.93. The van der Waals surface area contributed by atoms with Gasteiger partial charge in [-0.2, -0.15) is 0 Å². The number of nitrogens with one attached hydrogen (secondary N) is 1. The molecule has 7 nitrogen and oxygen atoms in total. The van der Waals surface area contributed by atoms with Gasteiger partial charge in [0.1, 0.15) is 5.69 Å². The molecule has 1 N–H and O–H groups in total. The van der Waals surface area contributed by atoms with Crippen molar-refractivity contribution in [3.05, 3.63) is 23.8 Å². The van der Waals surface area contributed by atoms with Gasteiger partial charge >= 0.3 is 0 Å². The highest BCUT2D eigenvalue weighted by Gasteiger charge is 2.40. The van der Waals surface area contributed by atoms with Gasteiger partial charge in [-0.3, -0.25) is 14.6 Å². The summed E-state index contributed by atoms with van der Waals surface area (Å²) in [6, 6.07) is 0. The summed E-state index contributed by atoms with van der Waals surface area (Å²) in [5, 5.41) is 2.55. The van der Waals surface area contributed by atoms with Crippen LogP contribution < -0.4 is 5.32 Å². The van der Waals surface area contributed by atoms with Crippen molar-refractivity contribution >= 4 is 11.8 Å². The summed E-state index contributed by atoms with van der Waals surface area (Å²) in [5.74, 6) is -0.485. The summed E-state index contributed by atoms with van der Waals surface area (Å²) in [6.07, 6.45) is 3.00. The molecule has 0 spiro atoms. The molecule has 0 aliphatic carbocycles. The van der Waals surface area contributed by atoms with Gasteiger partial charge in [-0.05, 0) is 13.8 Å². The van der Waals surface area contributed by atoms with E-state index in [4.69, 9.17) is 4.74 Å². The molecule has 1 aromatic heterocycles. The number of aromatic nitrogens is 2. The highest BCUT2D eigenvalue weighted by molar-refractivity contribution is 5.93. The van der Waals surface area contributed by atoms with Gasteiger partial charge in [-0.15, -0.1) is 0 Å². The van der Waals surface area contributed by atoms with Crippen molar-refractivity contribution in [2.75, 3.05) is 26.7 Å². The van der Waals surface area contributed by atoms with Crippen molar-refractivity contribution in [1.82, 2.24) is 20.2 Å². The van der Waals surface area contributed by atoms with Crippen LogP contribution >= 0.6 is 0 Å². The fourth-order valence-corrected chi connectivity index (χ4v) is 2.11. The number of ether oxygens (including phenoxy) is 1. The molecular weight excluding hydrogens is 260 g/mol. The van der Waals surface area contributed by atoms with Crippen LogP contribution in [0.25, 0.3) is 0 Å². The van der Waals surface area contributed by atoms with Crippen molar-refractivity contribution in [1.29, 1.82) is 0 Å². The summed E-state index contributed by atoms with van der Waals surface area (Å²) in [6.45, 7) is 4.42. The Morgan fingerprint density at radius 1 is 1.40 bits per heavy atom. The minimum atomic E-state index is -1.03. The quantitative estimate of drug-likeness (QED) is 0.807. The summed E-state index contributed by atoms with van der Waals surface area (Å²) >= 11 is 0. The summed E-state index contributed by atoms with van der Waals surface area (Å²) in [4.78, 5) is 33.9. The Hall–Kier alpha value is -2.02. The van der Waals surface area contributed by atoms with Gasteiger partial charge in [-0.1, -0.05) is 0 Å². The van der Waals surface area contributed by atoms with Gasteiger partial charge in [0.05, 0.1) is 25.0 Å². The fraction of sp³-hybridized carbons (Fsp3) is 0.538. The van der Waals surface area contributed by atoms with Crippen LogP contribution in [0, 0.1) is 6.92 Å². The zero-order valence-electron chi connectivity index (χ0n) is 11.8. The lowest BCUT2D eigenvalue weighted by atomic mass is 10.0. The minimum absolute atomic E-state index is 0.195. The molecule has 1 fully saturated rings. The standard InChI is InChI=1S/C13H18N4O3/c1-9-6-16-10(7-15-9)11(18)17-4-5-20-13(2,8-17)12(19)14-3/h6-7H,4-5,8H2,1-3H3,(H,14,19)/t13-/m1/s1. The normalized spacial score (nSPS) is 22.4. The van der Waals surface area contributed by atoms with Crippen LogP contribution in [-0.2, 0) is 9.53 Å². The third-order valence-electron chi connectivity index (χ3n) is 3.27. The summed E-state index contributed by atoms with van der Waals surface area (Å²) in [7, 11) is 1.54. The molecule has 20 heavy (non-hydrogen) atoms. The van der Waals surface area contributed by atoms with Crippen molar-refractivity contribution in [3.8, 4) is 0 Å². The Bertz CT molecular complexity index is 517. The predicted octanol–water partition coefficient (Wildman–Crippen LogP) is -0.238. The van der Waals surface area contributed by atoms with Crippen LogP contribution in [0.1, 0.15) is 23.1 Å². The molecule has 2 rings (SSSR count). The molecule has 108 valence electrons. The van der Waals surface area contributed by atoms with Gasteiger partial charge in [0.2, 0.25) is 0 Å². The Balaban J connectivity index is 2.14. The Labute approximate surface area is 117 Å². The zero-order valence-corrected chi connectivity index (χ0v) is 11.8. The number of nitrogens with zero attached hydrogens (tertiary/aromatic N) is 3. The molecule has 2 amide bonds. The summed E-state index contributed by atoms with van der Waals surface area (Å²) < 4.78 is 5.51. The first-order valence-electron chi connectivity index (χ1n) is 6.40. The van der Waals surface area contributed by atoms with Gasteiger partial charge in [0.25, 0.3) is 11.8 Å². The highest BCUT2D eigenvalue weighted by atomic mass is 16.5. The topological polar surface area (TPSA) is 84.4 Å². The smallest absolute Gasteiger partial charge is 0.274 e. The third kappa shape index (κ3) is 2.77. The SMILES string of the molecule is CNC(=O)[C@@]1(C)CN(C(=O)c2cnc(C)cn2)CCO1.